The molecule has 1 unspecified atom stereocenters. The summed E-state index contributed by atoms with van der Waals surface area (Å²) < 4.78 is 24.0. The molecule has 0 fully saturated rings. The highest BCUT2D eigenvalue weighted by Crippen LogP contribution is 2.35. The second kappa shape index (κ2) is 6.11. The lowest BCUT2D eigenvalue weighted by atomic mass is 10.00. The van der Waals surface area contributed by atoms with E-state index < -0.39 is 11.9 Å². The highest BCUT2D eigenvalue weighted by atomic mass is 35.5. The van der Waals surface area contributed by atoms with Crippen molar-refractivity contribution in [2.75, 3.05) is 14.2 Å². The minimum Gasteiger partial charge on any atom is -0.496 e. The van der Waals surface area contributed by atoms with Crippen molar-refractivity contribution in [3.05, 3.63) is 58.4 Å². The topological polar surface area (TPSA) is 38.7 Å². The summed E-state index contributed by atoms with van der Waals surface area (Å²) in [5.74, 6) is 0.233. The van der Waals surface area contributed by atoms with Gasteiger partial charge in [0.2, 0.25) is 0 Å². The Balaban J connectivity index is 2.46. The van der Waals surface area contributed by atoms with Gasteiger partial charge in [-0.3, -0.25) is 0 Å². The first-order valence-corrected chi connectivity index (χ1v) is 6.30. The SMILES string of the molecule is COc1ccc(C(O)c2c(F)cccc2OC)cc1Cl. The van der Waals surface area contributed by atoms with Gasteiger partial charge in [0.05, 0.1) is 24.8 Å². The highest BCUT2D eigenvalue weighted by Gasteiger charge is 2.20. The van der Waals surface area contributed by atoms with Crippen LogP contribution >= 0.6 is 11.6 Å². The summed E-state index contributed by atoms with van der Waals surface area (Å²) in [5, 5.41) is 10.7. The molecule has 20 heavy (non-hydrogen) atoms. The summed E-state index contributed by atoms with van der Waals surface area (Å²) in [6.07, 6.45) is -1.17. The molecule has 1 atom stereocenters. The summed E-state index contributed by atoms with van der Waals surface area (Å²) in [6, 6.07) is 9.16. The van der Waals surface area contributed by atoms with E-state index in [1.54, 1.807) is 18.2 Å². The molecule has 1 N–H and O–H groups in total. The van der Waals surface area contributed by atoms with Crippen LogP contribution in [0.25, 0.3) is 0 Å². The Bertz CT molecular complexity index is 616. The molecule has 5 heteroatoms. The van der Waals surface area contributed by atoms with Crippen LogP contribution in [0.1, 0.15) is 17.2 Å². The molecule has 0 aromatic heterocycles. The number of benzene rings is 2. The van der Waals surface area contributed by atoms with Crippen molar-refractivity contribution in [2.24, 2.45) is 0 Å². The van der Waals surface area contributed by atoms with E-state index in [9.17, 15) is 9.50 Å². The maximum atomic E-state index is 13.9. The smallest absolute Gasteiger partial charge is 0.137 e. The summed E-state index contributed by atoms with van der Waals surface area (Å²) in [7, 11) is 2.92. The van der Waals surface area contributed by atoms with E-state index in [1.165, 1.54) is 32.4 Å². The van der Waals surface area contributed by atoms with Gasteiger partial charge in [-0.1, -0.05) is 23.7 Å². The first kappa shape index (κ1) is 14.6. The van der Waals surface area contributed by atoms with Gasteiger partial charge in [0.1, 0.15) is 23.4 Å². The molecule has 0 aliphatic rings. The van der Waals surface area contributed by atoms with Gasteiger partial charge >= 0.3 is 0 Å². The number of hydrogen-bond acceptors (Lipinski definition) is 3. The van der Waals surface area contributed by atoms with E-state index in [-0.39, 0.29) is 11.3 Å². The molecular weight excluding hydrogens is 283 g/mol. The van der Waals surface area contributed by atoms with E-state index in [0.29, 0.717) is 16.3 Å². The zero-order valence-corrected chi connectivity index (χ0v) is 11.8. The van der Waals surface area contributed by atoms with E-state index >= 15 is 0 Å². The van der Waals surface area contributed by atoms with E-state index in [2.05, 4.69) is 0 Å². The van der Waals surface area contributed by atoms with E-state index in [1.807, 2.05) is 0 Å². The van der Waals surface area contributed by atoms with Gasteiger partial charge in [-0.05, 0) is 29.8 Å². The Kier molecular flexibility index (Phi) is 4.47. The predicted molar refractivity (Wildman–Crippen MR) is 75.0 cm³/mol. The number of hydrogen-bond donors (Lipinski definition) is 1. The Morgan fingerprint density at radius 2 is 1.80 bits per heavy atom. The van der Waals surface area contributed by atoms with Crippen molar-refractivity contribution < 1.29 is 19.0 Å². The zero-order chi connectivity index (χ0) is 14.7. The van der Waals surface area contributed by atoms with Crippen LogP contribution in [0.4, 0.5) is 4.39 Å². The summed E-state index contributed by atoms with van der Waals surface area (Å²) in [5.41, 5.74) is 0.537. The molecule has 3 nitrogen and oxygen atoms in total. The second-order valence-electron chi connectivity index (χ2n) is 4.15. The van der Waals surface area contributed by atoms with Gasteiger partial charge in [-0.25, -0.2) is 4.39 Å². The normalized spacial score (nSPS) is 12.1. The molecule has 0 saturated carbocycles. The first-order valence-electron chi connectivity index (χ1n) is 5.92. The van der Waals surface area contributed by atoms with Crippen molar-refractivity contribution in [1.82, 2.24) is 0 Å². The minimum absolute atomic E-state index is 0.0798. The van der Waals surface area contributed by atoms with Crippen LogP contribution < -0.4 is 9.47 Å². The Morgan fingerprint density at radius 3 is 2.40 bits per heavy atom. The number of halogens is 2. The number of aliphatic hydroxyl groups excluding tert-OH is 1. The molecule has 0 amide bonds. The lowest BCUT2D eigenvalue weighted by Crippen LogP contribution is -2.05. The monoisotopic (exact) mass is 296 g/mol. The predicted octanol–water partition coefficient (Wildman–Crippen LogP) is 3.58. The van der Waals surface area contributed by atoms with Gasteiger partial charge in [0, 0.05) is 0 Å². The van der Waals surface area contributed by atoms with Crippen LogP contribution in [-0.2, 0) is 0 Å². The van der Waals surface area contributed by atoms with Crippen LogP contribution in [0.5, 0.6) is 11.5 Å². The third kappa shape index (κ3) is 2.71. The number of rotatable bonds is 4. The third-order valence-corrected chi connectivity index (χ3v) is 3.29. The maximum Gasteiger partial charge on any atom is 0.137 e. The third-order valence-electron chi connectivity index (χ3n) is 3.00. The van der Waals surface area contributed by atoms with Crippen molar-refractivity contribution in [3.8, 4) is 11.5 Å². The van der Waals surface area contributed by atoms with Crippen molar-refractivity contribution >= 4 is 11.6 Å². The molecular formula is C15H14ClFO3. The van der Waals surface area contributed by atoms with Crippen LogP contribution in [0.15, 0.2) is 36.4 Å². The molecule has 2 aromatic rings. The van der Waals surface area contributed by atoms with Gasteiger partial charge in [-0.2, -0.15) is 0 Å². The highest BCUT2D eigenvalue weighted by molar-refractivity contribution is 6.32. The van der Waals surface area contributed by atoms with Gasteiger partial charge in [-0.15, -0.1) is 0 Å². The number of methoxy groups -OCH3 is 2. The maximum absolute atomic E-state index is 13.9. The van der Waals surface area contributed by atoms with Gasteiger partial charge in [0.25, 0.3) is 0 Å². The van der Waals surface area contributed by atoms with Crippen LogP contribution in [0, 0.1) is 5.82 Å². The molecule has 106 valence electrons. The molecule has 2 aromatic carbocycles. The lowest BCUT2D eigenvalue weighted by molar-refractivity contribution is 0.209. The van der Waals surface area contributed by atoms with Crippen LogP contribution in [0.3, 0.4) is 0 Å². The molecule has 0 spiro atoms. The van der Waals surface area contributed by atoms with Crippen molar-refractivity contribution in [3.63, 3.8) is 0 Å². The molecule has 0 aliphatic heterocycles. The fourth-order valence-electron chi connectivity index (χ4n) is 1.98. The Morgan fingerprint density at radius 1 is 1.10 bits per heavy atom. The summed E-state index contributed by atoms with van der Waals surface area (Å²) in [4.78, 5) is 0. The Hall–Kier alpha value is -1.78. The molecule has 0 bridgehead atoms. The average molecular weight is 297 g/mol. The van der Waals surface area contributed by atoms with Crippen molar-refractivity contribution in [1.29, 1.82) is 0 Å². The summed E-state index contributed by atoms with van der Waals surface area (Å²) >= 11 is 6.01. The fraction of sp³-hybridized carbons (Fsp3) is 0.200. The van der Waals surface area contributed by atoms with Gasteiger partial charge in [0.15, 0.2) is 0 Å². The van der Waals surface area contributed by atoms with E-state index in [0.717, 1.165) is 0 Å². The molecule has 0 aliphatic carbocycles. The van der Waals surface area contributed by atoms with E-state index in [4.69, 9.17) is 21.1 Å². The summed E-state index contributed by atoms with van der Waals surface area (Å²) in [6.45, 7) is 0. The molecule has 0 heterocycles. The average Bonchev–Trinajstić information content (AvgIpc) is 2.46. The lowest BCUT2D eigenvalue weighted by Gasteiger charge is -2.16. The standard InChI is InChI=1S/C15H14ClFO3/c1-19-12-7-6-9(8-10(12)16)15(18)14-11(17)4-3-5-13(14)20-2/h3-8,15,18H,1-2H3. The first-order chi connectivity index (χ1) is 9.58. The van der Waals surface area contributed by atoms with Crippen LogP contribution in [-0.4, -0.2) is 19.3 Å². The Labute approximate surface area is 121 Å². The van der Waals surface area contributed by atoms with Crippen molar-refractivity contribution in [2.45, 2.75) is 6.10 Å². The molecule has 0 radical (unpaired) electrons. The molecule has 0 saturated heterocycles. The molecule has 2 rings (SSSR count). The van der Waals surface area contributed by atoms with Crippen LogP contribution in [0.2, 0.25) is 5.02 Å². The quantitative estimate of drug-likeness (QED) is 0.937. The number of aliphatic hydroxyl groups is 1. The fourth-order valence-corrected chi connectivity index (χ4v) is 2.25. The number of ether oxygens (including phenoxy) is 2. The minimum atomic E-state index is -1.17. The zero-order valence-electron chi connectivity index (χ0n) is 11.1. The largest absolute Gasteiger partial charge is 0.496 e. The second-order valence-corrected chi connectivity index (χ2v) is 4.56. The van der Waals surface area contributed by atoms with Gasteiger partial charge < -0.3 is 14.6 Å².